The van der Waals surface area contributed by atoms with E-state index in [9.17, 15) is 5.11 Å². The Kier molecular flexibility index (Phi) is 3.88. The molecule has 1 saturated carbocycles. The lowest BCUT2D eigenvalue weighted by atomic mass is 9.79. The standard InChI is InChI=1S/C13H25NO2/c1-10-3-4-12(7-11(10)2)14-8-13(15)5-6-16-9-13/h10-12,14-15H,3-9H2,1-2H3/t10-,11-,12+,13-/m1/s1. The van der Waals surface area contributed by atoms with E-state index in [0.29, 0.717) is 25.8 Å². The maximum absolute atomic E-state index is 10.2. The van der Waals surface area contributed by atoms with Gasteiger partial charge in [0.05, 0.1) is 6.61 Å². The monoisotopic (exact) mass is 227 g/mol. The molecular formula is C13H25NO2. The molecule has 16 heavy (non-hydrogen) atoms. The van der Waals surface area contributed by atoms with Gasteiger partial charge in [0.1, 0.15) is 5.60 Å². The van der Waals surface area contributed by atoms with Crippen molar-refractivity contribution >= 4 is 0 Å². The first kappa shape index (κ1) is 12.3. The molecule has 1 heterocycles. The molecule has 2 rings (SSSR count). The van der Waals surface area contributed by atoms with E-state index in [1.165, 1.54) is 19.3 Å². The molecule has 0 unspecified atom stereocenters. The highest BCUT2D eigenvalue weighted by Crippen LogP contribution is 2.29. The van der Waals surface area contributed by atoms with Crippen LogP contribution < -0.4 is 5.32 Å². The van der Waals surface area contributed by atoms with Gasteiger partial charge in [-0.1, -0.05) is 13.8 Å². The Morgan fingerprint density at radius 2 is 2.12 bits per heavy atom. The minimum Gasteiger partial charge on any atom is -0.386 e. The first-order valence-corrected chi connectivity index (χ1v) is 6.62. The van der Waals surface area contributed by atoms with E-state index in [1.807, 2.05) is 0 Å². The number of aliphatic hydroxyl groups is 1. The van der Waals surface area contributed by atoms with Crippen LogP contribution in [0.15, 0.2) is 0 Å². The Hall–Kier alpha value is -0.120. The van der Waals surface area contributed by atoms with Crippen LogP contribution in [0.2, 0.25) is 0 Å². The molecule has 3 nitrogen and oxygen atoms in total. The summed E-state index contributed by atoms with van der Waals surface area (Å²) in [5.41, 5.74) is -0.605. The predicted octanol–water partition coefficient (Wildman–Crippen LogP) is 1.55. The molecular weight excluding hydrogens is 202 g/mol. The van der Waals surface area contributed by atoms with Crippen molar-refractivity contribution in [3.8, 4) is 0 Å². The molecule has 1 saturated heterocycles. The van der Waals surface area contributed by atoms with Crippen molar-refractivity contribution < 1.29 is 9.84 Å². The van der Waals surface area contributed by atoms with Gasteiger partial charge < -0.3 is 15.2 Å². The van der Waals surface area contributed by atoms with Gasteiger partial charge in [-0.15, -0.1) is 0 Å². The molecule has 3 heteroatoms. The molecule has 0 amide bonds. The Labute approximate surface area is 98.6 Å². The fourth-order valence-corrected chi connectivity index (χ4v) is 2.80. The van der Waals surface area contributed by atoms with Gasteiger partial charge in [-0.25, -0.2) is 0 Å². The molecule has 4 atom stereocenters. The molecule has 1 aliphatic carbocycles. The molecule has 2 N–H and O–H groups in total. The van der Waals surface area contributed by atoms with Gasteiger partial charge in [-0.05, 0) is 31.1 Å². The van der Waals surface area contributed by atoms with Crippen LogP contribution in [0.1, 0.15) is 39.5 Å². The van der Waals surface area contributed by atoms with Gasteiger partial charge >= 0.3 is 0 Å². The first-order valence-electron chi connectivity index (χ1n) is 6.62. The third kappa shape index (κ3) is 2.96. The Morgan fingerprint density at radius 3 is 2.75 bits per heavy atom. The molecule has 0 spiro atoms. The third-order valence-corrected chi connectivity index (χ3v) is 4.40. The number of nitrogens with one attached hydrogen (secondary N) is 1. The minimum atomic E-state index is -0.605. The van der Waals surface area contributed by atoms with Crippen molar-refractivity contribution in [2.24, 2.45) is 11.8 Å². The van der Waals surface area contributed by atoms with Crippen LogP contribution in [0, 0.1) is 11.8 Å². The highest BCUT2D eigenvalue weighted by molar-refractivity contribution is 4.88. The van der Waals surface area contributed by atoms with Crippen molar-refractivity contribution in [3.05, 3.63) is 0 Å². The zero-order valence-electron chi connectivity index (χ0n) is 10.5. The summed E-state index contributed by atoms with van der Waals surface area (Å²) in [6, 6.07) is 0.593. The van der Waals surface area contributed by atoms with Crippen LogP contribution in [0.4, 0.5) is 0 Å². The summed E-state index contributed by atoms with van der Waals surface area (Å²) in [7, 11) is 0. The van der Waals surface area contributed by atoms with E-state index in [4.69, 9.17) is 4.74 Å². The molecule has 0 radical (unpaired) electrons. The summed E-state index contributed by atoms with van der Waals surface area (Å²) in [5, 5.41) is 13.7. The van der Waals surface area contributed by atoms with Gasteiger partial charge in [0.15, 0.2) is 0 Å². The maximum Gasteiger partial charge on any atom is 0.102 e. The zero-order valence-corrected chi connectivity index (χ0v) is 10.5. The lowest BCUT2D eigenvalue weighted by Crippen LogP contribution is -2.46. The van der Waals surface area contributed by atoms with Crippen molar-refractivity contribution in [1.82, 2.24) is 5.32 Å². The van der Waals surface area contributed by atoms with E-state index in [2.05, 4.69) is 19.2 Å². The summed E-state index contributed by atoms with van der Waals surface area (Å²) in [6.07, 6.45) is 4.59. The van der Waals surface area contributed by atoms with Gasteiger partial charge in [-0.2, -0.15) is 0 Å². The molecule has 0 aromatic rings. The number of ether oxygens (including phenoxy) is 1. The fraction of sp³-hybridized carbons (Fsp3) is 1.00. The summed E-state index contributed by atoms with van der Waals surface area (Å²) in [5.74, 6) is 1.66. The molecule has 0 aromatic carbocycles. The molecule has 2 fully saturated rings. The van der Waals surface area contributed by atoms with Crippen molar-refractivity contribution in [2.45, 2.75) is 51.2 Å². The van der Waals surface area contributed by atoms with E-state index in [0.717, 1.165) is 18.3 Å². The van der Waals surface area contributed by atoms with E-state index < -0.39 is 5.60 Å². The van der Waals surface area contributed by atoms with Crippen LogP contribution in [0.3, 0.4) is 0 Å². The minimum absolute atomic E-state index is 0.499. The van der Waals surface area contributed by atoms with E-state index in [-0.39, 0.29) is 0 Å². The first-order chi connectivity index (χ1) is 7.59. The second-order valence-corrected chi connectivity index (χ2v) is 5.87. The van der Waals surface area contributed by atoms with Gasteiger partial charge in [0.25, 0.3) is 0 Å². The zero-order chi connectivity index (χ0) is 11.6. The molecule has 0 bridgehead atoms. The fourth-order valence-electron chi connectivity index (χ4n) is 2.80. The van der Waals surface area contributed by atoms with Crippen molar-refractivity contribution in [2.75, 3.05) is 19.8 Å². The Bertz CT molecular complexity index is 226. The lowest BCUT2D eigenvalue weighted by Gasteiger charge is -2.34. The normalized spacial score (nSPS) is 44.8. The predicted molar refractivity (Wildman–Crippen MR) is 64.4 cm³/mol. The van der Waals surface area contributed by atoms with E-state index in [1.54, 1.807) is 0 Å². The summed E-state index contributed by atoms with van der Waals surface area (Å²) >= 11 is 0. The van der Waals surface area contributed by atoms with Crippen LogP contribution in [-0.2, 0) is 4.74 Å². The van der Waals surface area contributed by atoms with Crippen molar-refractivity contribution in [3.63, 3.8) is 0 Å². The summed E-state index contributed by atoms with van der Waals surface area (Å²) < 4.78 is 5.25. The van der Waals surface area contributed by atoms with Gasteiger partial charge in [-0.3, -0.25) is 0 Å². The Morgan fingerprint density at radius 1 is 1.31 bits per heavy atom. The number of hydrogen-bond donors (Lipinski definition) is 2. The highest BCUT2D eigenvalue weighted by atomic mass is 16.5. The SMILES string of the molecule is C[C@@H]1CC[C@H](NC[C@]2(O)CCOC2)C[C@H]1C. The lowest BCUT2D eigenvalue weighted by molar-refractivity contribution is 0.0223. The second kappa shape index (κ2) is 5.03. The highest BCUT2D eigenvalue weighted by Gasteiger charge is 2.33. The summed E-state index contributed by atoms with van der Waals surface area (Å²) in [4.78, 5) is 0. The maximum atomic E-state index is 10.2. The summed E-state index contributed by atoms with van der Waals surface area (Å²) in [6.45, 7) is 6.58. The largest absolute Gasteiger partial charge is 0.386 e. The number of hydrogen-bond acceptors (Lipinski definition) is 3. The topological polar surface area (TPSA) is 41.5 Å². The van der Waals surface area contributed by atoms with Gasteiger partial charge in [0, 0.05) is 25.6 Å². The van der Waals surface area contributed by atoms with Gasteiger partial charge in [0.2, 0.25) is 0 Å². The third-order valence-electron chi connectivity index (χ3n) is 4.40. The van der Waals surface area contributed by atoms with Crippen LogP contribution in [-0.4, -0.2) is 36.5 Å². The smallest absolute Gasteiger partial charge is 0.102 e. The number of rotatable bonds is 3. The van der Waals surface area contributed by atoms with E-state index >= 15 is 0 Å². The van der Waals surface area contributed by atoms with Crippen LogP contribution >= 0.6 is 0 Å². The molecule has 2 aliphatic rings. The molecule has 1 aliphatic heterocycles. The van der Waals surface area contributed by atoms with Crippen LogP contribution in [0.25, 0.3) is 0 Å². The quantitative estimate of drug-likeness (QED) is 0.768. The average molecular weight is 227 g/mol. The average Bonchev–Trinajstić information content (AvgIpc) is 2.68. The van der Waals surface area contributed by atoms with Crippen LogP contribution in [0.5, 0.6) is 0 Å². The molecule has 94 valence electrons. The van der Waals surface area contributed by atoms with Crippen molar-refractivity contribution in [1.29, 1.82) is 0 Å². The Balaban J connectivity index is 1.74. The second-order valence-electron chi connectivity index (χ2n) is 5.87. The molecule has 0 aromatic heterocycles.